The molecule has 1 fully saturated rings. The summed E-state index contributed by atoms with van der Waals surface area (Å²) in [5.74, 6) is 2.56. The second-order valence-corrected chi connectivity index (χ2v) is 7.14. The second kappa shape index (κ2) is 8.50. The predicted octanol–water partition coefficient (Wildman–Crippen LogP) is 4.21. The molecule has 2 atom stereocenters. The lowest BCUT2D eigenvalue weighted by atomic mass is 9.92. The number of piperidine rings is 1. The molecule has 3 heteroatoms. The highest BCUT2D eigenvalue weighted by Gasteiger charge is 2.21. The van der Waals surface area contributed by atoms with E-state index in [4.69, 9.17) is 9.47 Å². The minimum atomic E-state index is 0.598. The fourth-order valence-electron chi connectivity index (χ4n) is 3.80. The van der Waals surface area contributed by atoms with E-state index in [2.05, 4.69) is 43.0 Å². The summed E-state index contributed by atoms with van der Waals surface area (Å²) in [6.07, 6.45) is 1.36. The molecule has 130 valence electrons. The van der Waals surface area contributed by atoms with E-state index in [0.29, 0.717) is 13.2 Å². The van der Waals surface area contributed by atoms with E-state index in [0.717, 1.165) is 36.1 Å². The Morgan fingerprint density at radius 2 is 1.67 bits per heavy atom. The fraction of sp³-hybridized carbons (Fsp3) is 0.524. The molecule has 0 amide bonds. The summed E-state index contributed by atoms with van der Waals surface area (Å²) in [6.45, 7) is 10.2. The minimum absolute atomic E-state index is 0.598. The van der Waals surface area contributed by atoms with Gasteiger partial charge < -0.3 is 14.4 Å². The van der Waals surface area contributed by atoms with Crippen molar-refractivity contribution in [1.29, 1.82) is 0 Å². The smallest absolute Gasteiger partial charge is 0.127 e. The number of rotatable bonds is 7. The van der Waals surface area contributed by atoms with Crippen LogP contribution in [0.25, 0.3) is 10.8 Å². The number of fused-ring (bicyclic) bond motifs is 1. The summed E-state index contributed by atoms with van der Waals surface area (Å²) in [5, 5.41) is 2.38. The van der Waals surface area contributed by atoms with Crippen LogP contribution in [-0.2, 0) is 4.74 Å². The molecule has 0 N–H and O–H groups in total. The van der Waals surface area contributed by atoms with Crippen LogP contribution in [-0.4, -0.2) is 44.4 Å². The summed E-state index contributed by atoms with van der Waals surface area (Å²) in [7, 11) is 0. The van der Waals surface area contributed by atoms with Crippen molar-refractivity contribution >= 4 is 10.8 Å². The quantitative estimate of drug-likeness (QED) is 0.711. The highest BCUT2D eigenvalue weighted by Crippen LogP contribution is 2.25. The molecule has 2 aromatic carbocycles. The Bertz CT molecular complexity index is 627. The molecule has 2 aromatic rings. The van der Waals surface area contributed by atoms with E-state index < -0.39 is 0 Å². The Hall–Kier alpha value is -1.58. The SMILES string of the molecule is C[C@H]1C[C@H](C)CN(CCOCCOc2cccc3ccccc23)C1. The van der Waals surface area contributed by atoms with Crippen molar-refractivity contribution in [3.63, 3.8) is 0 Å². The molecule has 0 saturated carbocycles. The molecule has 0 aromatic heterocycles. The largest absolute Gasteiger partial charge is 0.491 e. The average molecular weight is 327 g/mol. The summed E-state index contributed by atoms with van der Waals surface area (Å²) in [5.41, 5.74) is 0. The summed E-state index contributed by atoms with van der Waals surface area (Å²) < 4.78 is 11.7. The molecule has 0 spiro atoms. The molecule has 1 aliphatic heterocycles. The van der Waals surface area contributed by atoms with E-state index in [1.807, 2.05) is 18.2 Å². The molecular formula is C21H29NO2. The fourth-order valence-corrected chi connectivity index (χ4v) is 3.80. The van der Waals surface area contributed by atoms with Gasteiger partial charge in [-0.3, -0.25) is 0 Å². The van der Waals surface area contributed by atoms with Gasteiger partial charge in [-0.15, -0.1) is 0 Å². The number of nitrogens with zero attached hydrogens (tertiary/aromatic N) is 1. The first kappa shape index (κ1) is 17.2. The first-order valence-corrected chi connectivity index (χ1v) is 9.13. The molecule has 3 nitrogen and oxygen atoms in total. The molecule has 24 heavy (non-hydrogen) atoms. The topological polar surface area (TPSA) is 21.7 Å². The first-order chi connectivity index (χ1) is 11.7. The van der Waals surface area contributed by atoms with Crippen molar-refractivity contribution in [1.82, 2.24) is 4.90 Å². The van der Waals surface area contributed by atoms with Crippen LogP contribution in [0.5, 0.6) is 5.75 Å². The third-order valence-corrected chi connectivity index (χ3v) is 4.73. The van der Waals surface area contributed by atoms with Gasteiger partial charge in [0.15, 0.2) is 0 Å². The van der Waals surface area contributed by atoms with Crippen molar-refractivity contribution in [2.24, 2.45) is 11.8 Å². The van der Waals surface area contributed by atoms with Gasteiger partial charge in [-0.2, -0.15) is 0 Å². The van der Waals surface area contributed by atoms with Gasteiger partial charge in [-0.25, -0.2) is 0 Å². The van der Waals surface area contributed by atoms with Crippen LogP contribution in [0.1, 0.15) is 20.3 Å². The van der Waals surface area contributed by atoms with E-state index in [9.17, 15) is 0 Å². The zero-order chi connectivity index (χ0) is 16.8. The summed E-state index contributed by atoms with van der Waals surface area (Å²) >= 11 is 0. The number of benzene rings is 2. The van der Waals surface area contributed by atoms with Crippen LogP contribution in [0.15, 0.2) is 42.5 Å². The molecule has 1 heterocycles. The molecule has 0 bridgehead atoms. The van der Waals surface area contributed by atoms with Gasteiger partial charge in [-0.1, -0.05) is 50.2 Å². The second-order valence-electron chi connectivity index (χ2n) is 7.14. The Morgan fingerprint density at radius 3 is 2.50 bits per heavy atom. The zero-order valence-corrected chi connectivity index (χ0v) is 14.9. The third-order valence-electron chi connectivity index (χ3n) is 4.73. The van der Waals surface area contributed by atoms with Crippen LogP contribution in [0.3, 0.4) is 0 Å². The Morgan fingerprint density at radius 1 is 0.917 bits per heavy atom. The van der Waals surface area contributed by atoms with Crippen molar-refractivity contribution in [3.05, 3.63) is 42.5 Å². The first-order valence-electron chi connectivity index (χ1n) is 9.13. The zero-order valence-electron chi connectivity index (χ0n) is 14.9. The van der Waals surface area contributed by atoms with Gasteiger partial charge in [0.25, 0.3) is 0 Å². The van der Waals surface area contributed by atoms with Crippen LogP contribution in [0.2, 0.25) is 0 Å². The maximum atomic E-state index is 5.91. The van der Waals surface area contributed by atoms with Crippen LogP contribution >= 0.6 is 0 Å². The lowest BCUT2D eigenvalue weighted by Gasteiger charge is -2.34. The molecule has 1 aliphatic rings. The molecule has 3 rings (SSSR count). The van der Waals surface area contributed by atoms with Gasteiger partial charge >= 0.3 is 0 Å². The van der Waals surface area contributed by atoms with Gasteiger partial charge in [0.05, 0.1) is 13.2 Å². The Balaban J connectivity index is 1.37. The van der Waals surface area contributed by atoms with Gasteiger partial charge in [0.2, 0.25) is 0 Å². The normalized spacial score (nSPS) is 21.9. The van der Waals surface area contributed by atoms with Crippen LogP contribution in [0, 0.1) is 11.8 Å². The molecule has 1 saturated heterocycles. The Kier molecular flexibility index (Phi) is 6.11. The standard InChI is InChI=1S/C21H29NO2/c1-17-14-18(2)16-22(15-17)10-11-23-12-13-24-21-9-5-7-19-6-3-4-8-20(19)21/h3-9,17-18H,10-16H2,1-2H3/t17-,18-/m0/s1. The van der Waals surface area contributed by atoms with E-state index in [1.54, 1.807) is 0 Å². The minimum Gasteiger partial charge on any atom is -0.491 e. The number of hydrogen-bond acceptors (Lipinski definition) is 3. The van der Waals surface area contributed by atoms with Crippen molar-refractivity contribution in [2.75, 3.05) is 39.5 Å². The van der Waals surface area contributed by atoms with Crippen molar-refractivity contribution < 1.29 is 9.47 Å². The van der Waals surface area contributed by atoms with Gasteiger partial charge in [0, 0.05) is 25.0 Å². The third kappa shape index (κ3) is 4.71. The van der Waals surface area contributed by atoms with Crippen molar-refractivity contribution in [3.8, 4) is 5.75 Å². The molecule has 0 unspecified atom stereocenters. The lowest BCUT2D eigenvalue weighted by molar-refractivity contribution is 0.0597. The van der Waals surface area contributed by atoms with Crippen molar-refractivity contribution in [2.45, 2.75) is 20.3 Å². The van der Waals surface area contributed by atoms with E-state index >= 15 is 0 Å². The van der Waals surface area contributed by atoms with Gasteiger partial charge in [-0.05, 0) is 29.7 Å². The Labute approximate surface area is 145 Å². The van der Waals surface area contributed by atoms with E-state index in [1.165, 1.54) is 24.9 Å². The van der Waals surface area contributed by atoms with Gasteiger partial charge in [0.1, 0.15) is 12.4 Å². The number of hydrogen-bond donors (Lipinski definition) is 0. The highest BCUT2D eigenvalue weighted by atomic mass is 16.5. The maximum Gasteiger partial charge on any atom is 0.127 e. The predicted molar refractivity (Wildman–Crippen MR) is 99.6 cm³/mol. The number of ether oxygens (including phenoxy) is 2. The lowest BCUT2D eigenvalue weighted by Crippen LogP contribution is -2.40. The number of likely N-dealkylation sites (tertiary alicyclic amines) is 1. The summed E-state index contributed by atoms with van der Waals surface area (Å²) in [6, 6.07) is 14.5. The maximum absolute atomic E-state index is 5.91. The van der Waals surface area contributed by atoms with E-state index in [-0.39, 0.29) is 0 Å². The average Bonchev–Trinajstić information content (AvgIpc) is 2.57. The summed E-state index contributed by atoms with van der Waals surface area (Å²) in [4.78, 5) is 2.53. The molecular weight excluding hydrogens is 298 g/mol. The molecule has 0 radical (unpaired) electrons. The highest BCUT2D eigenvalue weighted by molar-refractivity contribution is 5.88. The van der Waals surface area contributed by atoms with Crippen LogP contribution < -0.4 is 4.74 Å². The van der Waals surface area contributed by atoms with Crippen LogP contribution in [0.4, 0.5) is 0 Å². The molecule has 0 aliphatic carbocycles. The monoisotopic (exact) mass is 327 g/mol.